The molecule has 0 aliphatic carbocycles. The predicted molar refractivity (Wildman–Crippen MR) is 74.9 cm³/mol. The van der Waals surface area contributed by atoms with E-state index >= 15 is 0 Å². The Labute approximate surface area is 122 Å². The highest BCUT2D eigenvalue weighted by atomic mass is 35.5. The molecule has 0 spiro atoms. The molecule has 0 bridgehead atoms. The van der Waals surface area contributed by atoms with Gasteiger partial charge in [0.2, 0.25) is 0 Å². The van der Waals surface area contributed by atoms with Crippen molar-refractivity contribution < 1.29 is 18.5 Å². The van der Waals surface area contributed by atoms with Crippen molar-refractivity contribution in [3.8, 4) is 0 Å². The smallest absolute Gasteiger partial charge is 0.338 e. The van der Waals surface area contributed by atoms with Gasteiger partial charge in [-0.05, 0) is 35.9 Å². The molecule has 1 atom stereocenters. The van der Waals surface area contributed by atoms with Crippen molar-refractivity contribution in [3.63, 3.8) is 0 Å². The van der Waals surface area contributed by atoms with Crippen molar-refractivity contribution >= 4 is 28.4 Å². The minimum absolute atomic E-state index is 0.0944. The molecule has 0 aromatic heterocycles. The number of carboxylic acids is 1. The van der Waals surface area contributed by atoms with Crippen molar-refractivity contribution in [2.45, 2.75) is 10.6 Å². The first kappa shape index (κ1) is 14.7. The monoisotopic (exact) mass is 312 g/mol. The van der Waals surface area contributed by atoms with E-state index in [1.165, 1.54) is 12.1 Å². The first-order valence-electron chi connectivity index (χ1n) is 5.63. The lowest BCUT2D eigenvalue weighted by molar-refractivity contribution is 0.0692. The first-order chi connectivity index (χ1) is 9.47. The molecule has 1 N–H and O–H groups in total. The normalized spacial score (nSPS) is 12.1. The molecule has 2 aromatic rings. The lowest BCUT2D eigenvalue weighted by Gasteiger charge is -2.05. The second kappa shape index (κ2) is 6.15. The van der Waals surface area contributed by atoms with Crippen LogP contribution in [-0.4, -0.2) is 15.3 Å². The third-order valence-electron chi connectivity index (χ3n) is 2.62. The molecule has 0 fully saturated rings. The minimum atomic E-state index is -1.37. The Morgan fingerprint density at radius 1 is 1.25 bits per heavy atom. The van der Waals surface area contributed by atoms with Gasteiger partial charge >= 0.3 is 5.97 Å². The molecule has 0 radical (unpaired) electrons. The van der Waals surface area contributed by atoms with E-state index in [2.05, 4.69) is 0 Å². The lowest BCUT2D eigenvalue weighted by atomic mass is 10.1. The zero-order valence-electron chi connectivity index (χ0n) is 10.2. The summed E-state index contributed by atoms with van der Waals surface area (Å²) in [5.41, 5.74) is 0.0631. The van der Waals surface area contributed by atoms with Gasteiger partial charge < -0.3 is 5.11 Å². The number of hydrogen-bond donors (Lipinski definition) is 1. The Hall–Kier alpha value is -1.72. The van der Waals surface area contributed by atoms with Crippen molar-refractivity contribution in [3.05, 3.63) is 64.4 Å². The van der Waals surface area contributed by atoms with Gasteiger partial charge in [0.05, 0.1) is 22.1 Å². The number of benzene rings is 2. The molecule has 2 aromatic carbocycles. The summed E-state index contributed by atoms with van der Waals surface area (Å²) in [7, 11) is -1.37. The SMILES string of the molecule is O=C(O)c1ccc(CS(=O)c2cccc(Cl)c2)cc1F. The maximum atomic E-state index is 13.5. The molecular weight excluding hydrogens is 303 g/mol. The summed E-state index contributed by atoms with van der Waals surface area (Å²) in [6.45, 7) is 0. The Balaban J connectivity index is 2.20. The highest BCUT2D eigenvalue weighted by Crippen LogP contribution is 2.18. The lowest BCUT2D eigenvalue weighted by Crippen LogP contribution is -2.03. The van der Waals surface area contributed by atoms with Gasteiger partial charge in [-0.3, -0.25) is 4.21 Å². The number of hydrogen-bond acceptors (Lipinski definition) is 2. The van der Waals surface area contributed by atoms with Gasteiger partial charge in [-0.1, -0.05) is 23.7 Å². The fraction of sp³-hybridized carbons (Fsp3) is 0.0714. The Morgan fingerprint density at radius 3 is 2.60 bits per heavy atom. The molecule has 0 aliphatic heterocycles. The average molecular weight is 313 g/mol. The molecule has 3 nitrogen and oxygen atoms in total. The van der Waals surface area contributed by atoms with Crippen LogP contribution in [0.2, 0.25) is 5.02 Å². The number of halogens is 2. The van der Waals surface area contributed by atoms with Gasteiger partial charge in [0.25, 0.3) is 0 Å². The maximum absolute atomic E-state index is 13.5. The molecule has 20 heavy (non-hydrogen) atoms. The van der Waals surface area contributed by atoms with E-state index < -0.39 is 28.1 Å². The largest absolute Gasteiger partial charge is 0.478 e. The van der Waals surface area contributed by atoms with Crippen LogP contribution in [0.1, 0.15) is 15.9 Å². The van der Waals surface area contributed by atoms with Gasteiger partial charge in [0.15, 0.2) is 0 Å². The summed E-state index contributed by atoms with van der Waals surface area (Å²) in [5.74, 6) is -2.07. The molecule has 0 saturated carbocycles. The predicted octanol–water partition coefficient (Wildman–Crippen LogP) is 3.49. The zero-order valence-corrected chi connectivity index (χ0v) is 11.7. The van der Waals surface area contributed by atoms with Crippen molar-refractivity contribution in [2.24, 2.45) is 0 Å². The van der Waals surface area contributed by atoms with E-state index in [9.17, 15) is 13.4 Å². The molecule has 0 heterocycles. The van der Waals surface area contributed by atoms with Crippen LogP contribution in [0.5, 0.6) is 0 Å². The minimum Gasteiger partial charge on any atom is -0.478 e. The van der Waals surface area contributed by atoms with Gasteiger partial charge in [-0.2, -0.15) is 0 Å². The van der Waals surface area contributed by atoms with E-state index in [4.69, 9.17) is 16.7 Å². The summed E-state index contributed by atoms with van der Waals surface area (Å²) in [5, 5.41) is 9.21. The summed E-state index contributed by atoms with van der Waals surface area (Å²) in [6, 6.07) is 10.3. The van der Waals surface area contributed by atoms with Crippen LogP contribution in [0.25, 0.3) is 0 Å². The molecule has 6 heteroatoms. The highest BCUT2D eigenvalue weighted by molar-refractivity contribution is 7.84. The topological polar surface area (TPSA) is 54.4 Å². The van der Waals surface area contributed by atoms with Crippen LogP contribution >= 0.6 is 11.6 Å². The highest BCUT2D eigenvalue weighted by Gasteiger charge is 2.12. The summed E-state index contributed by atoms with van der Waals surface area (Å²) >= 11 is 5.81. The van der Waals surface area contributed by atoms with Crippen LogP contribution in [0, 0.1) is 5.82 Å². The quantitative estimate of drug-likeness (QED) is 0.940. The molecular formula is C14H10ClFO3S. The second-order valence-corrected chi connectivity index (χ2v) is 5.95. The molecule has 104 valence electrons. The van der Waals surface area contributed by atoms with Gasteiger partial charge in [-0.25, -0.2) is 9.18 Å². The number of aromatic carboxylic acids is 1. The Kier molecular flexibility index (Phi) is 4.52. The fourth-order valence-corrected chi connectivity index (χ4v) is 3.06. The van der Waals surface area contributed by atoms with E-state index in [1.807, 2.05) is 0 Å². The van der Waals surface area contributed by atoms with E-state index in [-0.39, 0.29) is 5.75 Å². The van der Waals surface area contributed by atoms with E-state index in [1.54, 1.807) is 24.3 Å². The van der Waals surface area contributed by atoms with Gasteiger partial charge in [0, 0.05) is 9.92 Å². The summed E-state index contributed by atoms with van der Waals surface area (Å²) in [4.78, 5) is 11.2. The summed E-state index contributed by atoms with van der Waals surface area (Å²) in [6.07, 6.45) is 0. The number of carboxylic acid groups (broad SMARTS) is 1. The van der Waals surface area contributed by atoms with Crippen molar-refractivity contribution in [1.82, 2.24) is 0 Å². The fourth-order valence-electron chi connectivity index (χ4n) is 1.67. The molecule has 0 saturated heterocycles. The van der Waals surface area contributed by atoms with Crippen molar-refractivity contribution in [2.75, 3.05) is 0 Å². The van der Waals surface area contributed by atoms with Crippen LogP contribution in [-0.2, 0) is 16.6 Å². The third kappa shape index (κ3) is 3.43. The molecule has 0 amide bonds. The van der Waals surface area contributed by atoms with Crippen LogP contribution in [0.15, 0.2) is 47.4 Å². The first-order valence-corrected chi connectivity index (χ1v) is 7.33. The van der Waals surface area contributed by atoms with Crippen molar-refractivity contribution in [1.29, 1.82) is 0 Å². The number of carbonyl (C=O) groups is 1. The van der Waals surface area contributed by atoms with E-state index in [0.29, 0.717) is 15.5 Å². The maximum Gasteiger partial charge on any atom is 0.338 e. The summed E-state index contributed by atoms with van der Waals surface area (Å²) < 4.78 is 25.6. The zero-order chi connectivity index (χ0) is 14.7. The standard InChI is InChI=1S/C14H10ClFO3S/c15-10-2-1-3-11(7-10)20(19)8-9-4-5-12(14(17)18)13(16)6-9/h1-7H,8H2,(H,17,18). The van der Waals surface area contributed by atoms with Crippen LogP contribution in [0.4, 0.5) is 4.39 Å². The van der Waals surface area contributed by atoms with E-state index in [0.717, 1.165) is 6.07 Å². The van der Waals surface area contributed by atoms with Gasteiger partial charge in [-0.15, -0.1) is 0 Å². The van der Waals surface area contributed by atoms with Gasteiger partial charge in [0.1, 0.15) is 5.82 Å². The Morgan fingerprint density at radius 2 is 2.00 bits per heavy atom. The average Bonchev–Trinajstić information content (AvgIpc) is 2.38. The third-order valence-corrected chi connectivity index (χ3v) is 4.23. The van der Waals surface area contributed by atoms with Crippen LogP contribution in [0.3, 0.4) is 0 Å². The second-order valence-electron chi connectivity index (χ2n) is 4.07. The Bertz CT molecular complexity index is 688. The van der Waals surface area contributed by atoms with Crippen LogP contribution < -0.4 is 0 Å². The number of rotatable bonds is 4. The molecule has 0 aliphatic rings. The molecule has 1 unspecified atom stereocenters. The molecule has 2 rings (SSSR count).